The third-order valence-electron chi connectivity index (χ3n) is 4.62. The van der Waals surface area contributed by atoms with Crippen molar-refractivity contribution >= 4 is 5.57 Å². The van der Waals surface area contributed by atoms with Gasteiger partial charge in [-0.2, -0.15) is 0 Å². The van der Waals surface area contributed by atoms with Crippen LogP contribution >= 0.6 is 0 Å². The van der Waals surface area contributed by atoms with Gasteiger partial charge in [-0.05, 0) is 37.3 Å². The number of rotatable bonds is 2. The summed E-state index contributed by atoms with van der Waals surface area (Å²) in [5.41, 5.74) is 5.82. The Morgan fingerprint density at radius 3 is 2.83 bits per heavy atom. The van der Waals surface area contributed by atoms with Crippen molar-refractivity contribution in [3.63, 3.8) is 0 Å². The number of hydrogen-bond donors (Lipinski definition) is 0. The van der Waals surface area contributed by atoms with Crippen molar-refractivity contribution in [3.05, 3.63) is 35.3 Å². The first-order valence-corrected chi connectivity index (χ1v) is 7.15. The van der Waals surface area contributed by atoms with Gasteiger partial charge in [0.05, 0.1) is 0 Å². The van der Waals surface area contributed by atoms with Crippen LogP contribution in [0.3, 0.4) is 0 Å². The topological polar surface area (TPSA) is 7.12 Å². The Bertz CT molecular complexity index is 502. The number of allylic oxidation sites excluding steroid dienone is 1. The maximum absolute atomic E-state index is 2.52. The van der Waals surface area contributed by atoms with E-state index in [0.29, 0.717) is 0 Å². The number of nitrogens with zero attached hydrogens (tertiary/aromatic N) is 2. The van der Waals surface area contributed by atoms with Crippen LogP contribution in [0.2, 0.25) is 0 Å². The molecule has 2 heteroatoms. The van der Waals surface area contributed by atoms with Gasteiger partial charge in [0.2, 0.25) is 0 Å². The van der Waals surface area contributed by atoms with E-state index in [1.165, 1.54) is 48.2 Å². The van der Waals surface area contributed by atoms with Crippen molar-refractivity contribution in [2.24, 2.45) is 7.05 Å². The van der Waals surface area contributed by atoms with Crippen molar-refractivity contribution < 1.29 is 4.57 Å². The monoisotopic (exact) mass is 243 g/mol. The van der Waals surface area contributed by atoms with Crippen molar-refractivity contribution in [2.45, 2.75) is 45.6 Å². The fourth-order valence-electron chi connectivity index (χ4n) is 3.11. The molecule has 3 rings (SSSR count). The maximum Gasteiger partial charge on any atom is 0.185 e. The molecule has 1 saturated heterocycles. The summed E-state index contributed by atoms with van der Waals surface area (Å²) in [6, 6.07) is 3.23. The van der Waals surface area contributed by atoms with E-state index >= 15 is 0 Å². The second-order valence-electron chi connectivity index (χ2n) is 5.69. The Balaban J connectivity index is 2.00. The molecule has 2 aliphatic heterocycles. The molecule has 18 heavy (non-hydrogen) atoms. The van der Waals surface area contributed by atoms with Crippen LogP contribution in [0.15, 0.2) is 18.5 Å². The lowest BCUT2D eigenvalue weighted by molar-refractivity contribution is -0.678. The highest BCUT2D eigenvalue weighted by atomic mass is 15.2. The summed E-state index contributed by atoms with van der Waals surface area (Å²) in [6.45, 7) is 5.72. The summed E-state index contributed by atoms with van der Waals surface area (Å²) >= 11 is 0. The molecule has 1 fully saturated rings. The van der Waals surface area contributed by atoms with Crippen LogP contribution in [0.4, 0.5) is 0 Å². The van der Waals surface area contributed by atoms with Gasteiger partial charge < -0.3 is 4.90 Å². The lowest BCUT2D eigenvalue weighted by Gasteiger charge is -2.44. The van der Waals surface area contributed by atoms with Crippen molar-refractivity contribution in [3.8, 4) is 0 Å². The van der Waals surface area contributed by atoms with Crippen LogP contribution < -0.4 is 4.57 Å². The molecule has 96 valence electrons. The zero-order chi connectivity index (χ0) is 12.7. The fraction of sp³-hybridized carbons (Fsp3) is 0.562. The number of fused-ring (bicyclic) bond motifs is 1. The zero-order valence-electron chi connectivity index (χ0n) is 11.7. The Morgan fingerprint density at radius 2 is 2.22 bits per heavy atom. The van der Waals surface area contributed by atoms with Gasteiger partial charge in [-0.1, -0.05) is 6.92 Å². The molecule has 0 saturated carbocycles. The number of hydrogen-bond acceptors (Lipinski definition) is 1. The number of pyridine rings is 1. The standard InChI is InChI=1S/C16H23N2/c1-4-13-9-16(12(2)17(3)10-13)14-5-6-15-7-8-18(15)11-14/h9-11,15H,4-8H2,1-3H3/q+1. The quantitative estimate of drug-likeness (QED) is 0.724. The average Bonchev–Trinajstić information content (AvgIpc) is 2.34. The van der Waals surface area contributed by atoms with Gasteiger partial charge in [-0.15, -0.1) is 0 Å². The molecule has 1 atom stereocenters. The summed E-state index contributed by atoms with van der Waals surface area (Å²) in [6.07, 6.45) is 9.76. The summed E-state index contributed by atoms with van der Waals surface area (Å²) in [5, 5.41) is 0. The van der Waals surface area contributed by atoms with E-state index in [4.69, 9.17) is 0 Å². The van der Waals surface area contributed by atoms with Crippen molar-refractivity contribution in [2.75, 3.05) is 6.54 Å². The van der Waals surface area contributed by atoms with E-state index in [-0.39, 0.29) is 0 Å². The first kappa shape index (κ1) is 11.8. The van der Waals surface area contributed by atoms with E-state index in [1.54, 1.807) is 0 Å². The molecule has 3 heterocycles. The van der Waals surface area contributed by atoms with E-state index in [1.807, 2.05) is 0 Å². The van der Waals surface area contributed by atoms with E-state index < -0.39 is 0 Å². The van der Waals surface area contributed by atoms with Gasteiger partial charge in [-0.3, -0.25) is 0 Å². The minimum Gasteiger partial charge on any atom is -0.374 e. The SMILES string of the molecule is CCc1cc(C2=CN3CCC3CC2)c(C)[n+](C)c1. The molecular formula is C16H23N2+. The number of aromatic nitrogens is 1. The second-order valence-corrected chi connectivity index (χ2v) is 5.69. The van der Waals surface area contributed by atoms with Crippen LogP contribution in [0, 0.1) is 6.92 Å². The largest absolute Gasteiger partial charge is 0.374 e. The van der Waals surface area contributed by atoms with Crippen LogP contribution in [0.25, 0.3) is 5.57 Å². The highest BCUT2D eigenvalue weighted by molar-refractivity contribution is 5.67. The molecule has 1 aromatic heterocycles. The van der Waals surface area contributed by atoms with E-state index in [9.17, 15) is 0 Å². The normalized spacial score (nSPS) is 22.3. The predicted molar refractivity (Wildman–Crippen MR) is 74.1 cm³/mol. The van der Waals surface area contributed by atoms with Gasteiger partial charge >= 0.3 is 0 Å². The predicted octanol–water partition coefficient (Wildman–Crippen LogP) is 2.59. The molecule has 2 nitrogen and oxygen atoms in total. The summed E-state index contributed by atoms with van der Waals surface area (Å²) in [4.78, 5) is 2.52. The smallest absolute Gasteiger partial charge is 0.185 e. The van der Waals surface area contributed by atoms with Gasteiger partial charge in [0.25, 0.3) is 0 Å². The molecule has 0 aromatic carbocycles. The minimum atomic E-state index is 0.845. The minimum absolute atomic E-state index is 0.845. The van der Waals surface area contributed by atoms with Crippen molar-refractivity contribution in [1.82, 2.24) is 4.90 Å². The molecule has 0 aliphatic carbocycles. The lowest BCUT2D eigenvalue weighted by atomic mass is 9.88. The third-order valence-corrected chi connectivity index (χ3v) is 4.62. The molecule has 0 radical (unpaired) electrons. The zero-order valence-corrected chi connectivity index (χ0v) is 11.7. The molecule has 0 N–H and O–H groups in total. The lowest BCUT2D eigenvalue weighted by Crippen LogP contribution is -2.45. The van der Waals surface area contributed by atoms with Gasteiger partial charge in [0.15, 0.2) is 11.9 Å². The first-order chi connectivity index (χ1) is 8.69. The molecule has 1 unspecified atom stereocenters. The van der Waals surface area contributed by atoms with E-state index in [2.05, 4.69) is 48.8 Å². The van der Waals surface area contributed by atoms with Crippen LogP contribution in [0.1, 0.15) is 43.0 Å². The Labute approximate surface area is 110 Å². The molecule has 0 spiro atoms. The third kappa shape index (κ3) is 1.84. The van der Waals surface area contributed by atoms with E-state index in [0.717, 1.165) is 12.5 Å². The Morgan fingerprint density at radius 1 is 1.39 bits per heavy atom. The highest BCUT2D eigenvalue weighted by Gasteiger charge is 2.30. The highest BCUT2D eigenvalue weighted by Crippen LogP contribution is 2.34. The van der Waals surface area contributed by atoms with Gasteiger partial charge in [0.1, 0.15) is 7.05 Å². The molecule has 2 aliphatic rings. The van der Waals surface area contributed by atoms with Crippen LogP contribution in [-0.2, 0) is 13.5 Å². The maximum atomic E-state index is 2.52. The first-order valence-electron chi connectivity index (χ1n) is 7.15. The second kappa shape index (κ2) is 4.42. The van der Waals surface area contributed by atoms with Crippen LogP contribution in [-0.4, -0.2) is 17.5 Å². The molecule has 1 aromatic rings. The van der Waals surface area contributed by atoms with Crippen LogP contribution in [0.5, 0.6) is 0 Å². The molecule has 0 amide bonds. The van der Waals surface area contributed by atoms with Gasteiger partial charge in [-0.25, -0.2) is 4.57 Å². The van der Waals surface area contributed by atoms with Gasteiger partial charge in [0, 0.05) is 36.8 Å². The fourth-order valence-corrected chi connectivity index (χ4v) is 3.11. The number of aryl methyl sites for hydroxylation is 2. The Hall–Kier alpha value is -1.31. The summed E-state index contributed by atoms with van der Waals surface area (Å²) < 4.78 is 2.28. The Kier molecular flexibility index (Phi) is 2.89. The molecular weight excluding hydrogens is 220 g/mol. The summed E-state index contributed by atoms with van der Waals surface area (Å²) in [7, 11) is 2.16. The average molecular weight is 243 g/mol. The summed E-state index contributed by atoms with van der Waals surface area (Å²) in [5.74, 6) is 0. The molecule has 0 bridgehead atoms. The van der Waals surface area contributed by atoms with Crippen molar-refractivity contribution in [1.29, 1.82) is 0 Å².